The number of hydrogen-bond acceptors (Lipinski definition) is 5. The van der Waals surface area contributed by atoms with Gasteiger partial charge in [-0.25, -0.2) is 12.7 Å². The van der Waals surface area contributed by atoms with Crippen molar-refractivity contribution in [3.8, 4) is 16.9 Å². The molecular weight excluding hydrogens is 390 g/mol. The summed E-state index contributed by atoms with van der Waals surface area (Å²) in [6, 6.07) is 14.4. The zero-order valence-corrected chi connectivity index (χ0v) is 17.9. The fraction of sp³-hybridized carbons (Fsp3) is 0.409. The molecule has 0 amide bonds. The third-order valence-corrected chi connectivity index (χ3v) is 7.23. The van der Waals surface area contributed by atoms with Crippen LogP contribution in [0.4, 0.5) is 0 Å². The Morgan fingerprint density at radius 2 is 1.83 bits per heavy atom. The molecule has 0 atom stereocenters. The van der Waals surface area contributed by atoms with Gasteiger partial charge < -0.3 is 9.47 Å². The molecule has 0 spiro atoms. The quantitative estimate of drug-likeness (QED) is 0.674. The van der Waals surface area contributed by atoms with Crippen molar-refractivity contribution in [2.24, 2.45) is 0 Å². The van der Waals surface area contributed by atoms with Gasteiger partial charge in [0.25, 0.3) is 0 Å². The maximum Gasteiger partial charge on any atom is 0.322 e. The number of nitrogens with zero attached hydrogens (tertiary/aromatic N) is 1. The first-order valence-corrected chi connectivity index (χ1v) is 11.2. The van der Waals surface area contributed by atoms with Crippen LogP contribution in [0.3, 0.4) is 0 Å². The van der Waals surface area contributed by atoms with E-state index in [1.165, 1.54) is 22.5 Å². The summed E-state index contributed by atoms with van der Waals surface area (Å²) in [5, 5.41) is 0. The number of aryl methyl sites for hydroxylation is 1. The van der Waals surface area contributed by atoms with Gasteiger partial charge in [-0.2, -0.15) is 0 Å². The van der Waals surface area contributed by atoms with Gasteiger partial charge in [-0.3, -0.25) is 4.79 Å². The molecule has 3 rings (SSSR count). The Hall–Kier alpha value is -2.38. The van der Waals surface area contributed by atoms with E-state index in [-0.39, 0.29) is 0 Å². The molecule has 0 bridgehead atoms. The lowest BCUT2D eigenvalue weighted by atomic mass is 9.87. The van der Waals surface area contributed by atoms with Crippen molar-refractivity contribution in [3.63, 3.8) is 0 Å². The number of ether oxygens (including phenoxy) is 2. The van der Waals surface area contributed by atoms with E-state index in [4.69, 9.17) is 4.74 Å². The standard InChI is InChI=1S/C22H27NO5S/c1-16-13-18(7-8-21(16)19-5-4-6-20(14-19)27-2)17-9-11-23(12-10-17)29(25,26)15-22(24)28-3/h4-8,13-14,17H,9-12,15H2,1-3H3. The van der Waals surface area contributed by atoms with Crippen LogP contribution >= 0.6 is 0 Å². The lowest BCUT2D eigenvalue weighted by Crippen LogP contribution is -2.40. The minimum Gasteiger partial charge on any atom is -0.497 e. The van der Waals surface area contributed by atoms with Crippen LogP contribution in [0.5, 0.6) is 5.75 Å². The zero-order chi connectivity index (χ0) is 21.0. The molecule has 2 aromatic rings. The Morgan fingerprint density at radius 1 is 1.10 bits per heavy atom. The van der Waals surface area contributed by atoms with Crippen molar-refractivity contribution in [1.82, 2.24) is 4.31 Å². The van der Waals surface area contributed by atoms with Crippen molar-refractivity contribution in [2.75, 3.05) is 33.1 Å². The van der Waals surface area contributed by atoms with Gasteiger partial charge in [0.2, 0.25) is 10.0 Å². The second-order valence-electron chi connectivity index (χ2n) is 7.31. The van der Waals surface area contributed by atoms with Crippen LogP contribution in [-0.4, -0.2) is 51.8 Å². The number of methoxy groups -OCH3 is 2. The molecule has 156 valence electrons. The molecule has 0 radical (unpaired) electrons. The van der Waals surface area contributed by atoms with Gasteiger partial charge in [0, 0.05) is 13.1 Å². The van der Waals surface area contributed by atoms with Crippen LogP contribution in [0.1, 0.15) is 29.9 Å². The molecule has 2 aromatic carbocycles. The van der Waals surface area contributed by atoms with E-state index < -0.39 is 21.7 Å². The van der Waals surface area contributed by atoms with E-state index in [2.05, 4.69) is 35.9 Å². The van der Waals surface area contributed by atoms with Gasteiger partial charge in [-0.1, -0.05) is 30.3 Å². The van der Waals surface area contributed by atoms with Crippen LogP contribution in [0, 0.1) is 6.92 Å². The van der Waals surface area contributed by atoms with E-state index >= 15 is 0 Å². The maximum atomic E-state index is 12.3. The molecule has 0 aliphatic carbocycles. The summed E-state index contributed by atoms with van der Waals surface area (Å²) in [6.07, 6.45) is 1.47. The van der Waals surface area contributed by atoms with E-state index in [9.17, 15) is 13.2 Å². The molecule has 1 aliphatic rings. The molecule has 29 heavy (non-hydrogen) atoms. The average molecular weight is 418 g/mol. The molecule has 7 heteroatoms. The van der Waals surface area contributed by atoms with Crippen LogP contribution in [0.15, 0.2) is 42.5 Å². The normalized spacial score (nSPS) is 15.8. The van der Waals surface area contributed by atoms with E-state index in [1.54, 1.807) is 7.11 Å². The Morgan fingerprint density at radius 3 is 2.45 bits per heavy atom. The largest absolute Gasteiger partial charge is 0.497 e. The van der Waals surface area contributed by atoms with Crippen molar-refractivity contribution in [2.45, 2.75) is 25.7 Å². The topological polar surface area (TPSA) is 72.9 Å². The van der Waals surface area contributed by atoms with Gasteiger partial charge in [0.05, 0.1) is 14.2 Å². The van der Waals surface area contributed by atoms with Crippen LogP contribution in [0.25, 0.3) is 11.1 Å². The lowest BCUT2D eigenvalue weighted by molar-refractivity contribution is -0.137. The Kier molecular flexibility index (Phi) is 6.59. The molecule has 0 N–H and O–H groups in total. The number of carbonyl (C=O) groups is 1. The van der Waals surface area contributed by atoms with Crippen LogP contribution < -0.4 is 4.74 Å². The second kappa shape index (κ2) is 8.97. The first-order chi connectivity index (χ1) is 13.8. The SMILES string of the molecule is COC(=O)CS(=O)(=O)N1CCC(c2ccc(-c3cccc(OC)c3)c(C)c2)CC1. The number of esters is 1. The van der Waals surface area contributed by atoms with Gasteiger partial charge in [-0.05, 0) is 60.1 Å². The van der Waals surface area contributed by atoms with Gasteiger partial charge in [0.1, 0.15) is 5.75 Å². The van der Waals surface area contributed by atoms with Crippen LogP contribution in [-0.2, 0) is 19.6 Å². The highest BCUT2D eigenvalue weighted by Crippen LogP contribution is 2.33. The molecular formula is C22H27NO5S. The third-order valence-electron chi connectivity index (χ3n) is 5.48. The van der Waals surface area contributed by atoms with Gasteiger partial charge >= 0.3 is 5.97 Å². The minimum atomic E-state index is -3.61. The number of sulfonamides is 1. The zero-order valence-electron chi connectivity index (χ0n) is 17.1. The monoisotopic (exact) mass is 417 g/mol. The van der Waals surface area contributed by atoms with Crippen molar-refractivity contribution < 1.29 is 22.7 Å². The first-order valence-electron chi connectivity index (χ1n) is 9.63. The summed E-state index contributed by atoms with van der Waals surface area (Å²) in [5.74, 6) is -0.192. The molecule has 0 aromatic heterocycles. The van der Waals surface area contributed by atoms with Crippen molar-refractivity contribution >= 4 is 16.0 Å². The fourth-order valence-electron chi connectivity index (χ4n) is 3.82. The molecule has 6 nitrogen and oxygen atoms in total. The Balaban J connectivity index is 1.70. The summed E-state index contributed by atoms with van der Waals surface area (Å²) < 4.78 is 35.9. The highest BCUT2D eigenvalue weighted by atomic mass is 32.2. The van der Waals surface area contributed by atoms with Gasteiger partial charge in [0.15, 0.2) is 5.75 Å². The summed E-state index contributed by atoms with van der Waals surface area (Å²) in [4.78, 5) is 11.3. The van der Waals surface area contributed by atoms with Crippen molar-refractivity contribution in [1.29, 1.82) is 0 Å². The van der Waals surface area contributed by atoms with E-state index in [1.807, 2.05) is 18.2 Å². The molecule has 0 unspecified atom stereocenters. The summed E-state index contributed by atoms with van der Waals surface area (Å²) in [6.45, 7) is 2.93. The first kappa shape index (κ1) is 21.3. The Bertz CT molecular complexity index is 978. The van der Waals surface area contributed by atoms with E-state index in [0.29, 0.717) is 19.0 Å². The highest BCUT2D eigenvalue weighted by Gasteiger charge is 2.30. The summed E-state index contributed by atoms with van der Waals surface area (Å²) in [7, 11) is -0.755. The number of piperidine rings is 1. The molecule has 1 aliphatic heterocycles. The van der Waals surface area contributed by atoms with Crippen molar-refractivity contribution in [3.05, 3.63) is 53.6 Å². The molecule has 1 saturated heterocycles. The summed E-state index contributed by atoms with van der Waals surface area (Å²) >= 11 is 0. The molecule has 1 heterocycles. The smallest absolute Gasteiger partial charge is 0.322 e. The molecule has 0 saturated carbocycles. The molecule has 1 fully saturated rings. The number of rotatable bonds is 6. The second-order valence-corrected chi connectivity index (χ2v) is 9.28. The predicted octanol–water partition coefficient (Wildman–Crippen LogP) is 3.35. The van der Waals surface area contributed by atoms with Crippen LogP contribution in [0.2, 0.25) is 0 Å². The average Bonchev–Trinajstić information content (AvgIpc) is 2.73. The fourth-order valence-corrected chi connectivity index (χ4v) is 5.19. The number of carbonyl (C=O) groups excluding carboxylic acids is 1. The lowest BCUT2D eigenvalue weighted by Gasteiger charge is -2.31. The third kappa shape index (κ3) is 4.97. The maximum absolute atomic E-state index is 12.3. The number of hydrogen-bond donors (Lipinski definition) is 0. The summed E-state index contributed by atoms with van der Waals surface area (Å²) in [5.41, 5.74) is 4.67. The predicted molar refractivity (Wildman–Crippen MR) is 113 cm³/mol. The van der Waals surface area contributed by atoms with E-state index in [0.717, 1.165) is 29.7 Å². The number of benzene rings is 2. The Labute approximate surface area is 172 Å². The minimum absolute atomic E-state index is 0.303. The van der Waals surface area contributed by atoms with Gasteiger partial charge in [-0.15, -0.1) is 0 Å². The highest BCUT2D eigenvalue weighted by molar-refractivity contribution is 7.89.